The van der Waals surface area contributed by atoms with Crippen molar-refractivity contribution in [3.8, 4) is 11.1 Å². The van der Waals surface area contributed by atoms with Crippen molar-refractivity contribution in [3.05, 3.63) is 59.7 Å². The number of alkyl carbamates (subject to hydrolysis) is 1. The van der Waals surface area contributed by atoms with E-state index in [2.05, 4.69) is 29.6 Å². The highest BCUT2D eigenvalue weighted by Gasteiger charge is 2.33. The average Bonchev–Trinajstić information content (AvgIpc) is 3.39. The molecule has 2 amide bonds. The molecule has 0 aromatic heterocycles. The van der Waals surface area contributed by atoms with Crippen LogP contribution in [-0.4, -0.2) is 53.7 Å². The monoisotopic (exact) mass is 450 g/mol. The molecular formula is C26H30N2O5. The Bertz CT molecular complexity index is 991. The highest BCUT2D eigenvalue weighted by molar-refractivity contribution is 5.80. The second kappa shape index (κ2) is 10.1. The van der Waals surface area contributed by atoms with E-state index in [0.29, 0.717) is 19.5 Å². The van der Waals surface area contributed by atoms with E-state index in [0.717, 1.165) is 24.0 Å². The van der Waals surface area contributed by atoms with E-state index in [-0.39, 0.29) is 36.8 Å². The first-order valence-corrected chi connectivity index (χ1v) is 11.6. The van der Waals surface area contributed by atoms with Crippen molar-refractivity contribution in [3.63, 3.8) is 0 Å². The first kappa shape index (κ1) is 22.8. The third-order valence-electron chi connectivity index (χ3n) is 6.68. The molecule has 33 heavy (non-hydrogen) atoms. The number of likely N-dealkylation sites (tertiary alicyclic amines) is 1. The third-order valence-corrected chi connectivity index (χ3v) is 6.68. The second-order valence-corrected chi connectivity index (χ2v) is 8.87. The van der Waals surface area contributed by atoms with Gasteiger partial charge < -0.3 is 20.1 Å². The summed E-state index contributed by atoms with van der Waals surface area (Å²) >= 11 is 0. The van der Waals surface area contributed by atoms with Crippen LogP contribution in [0.5, 0.6) is 0 Å². The standard InChI is InChI=1S/C26H30N2O5/c1-17(25(31)28-14-6-7-18(28)15-24(29)30)12-13-27-26(32)33-16-23-21-10-4-2-8-19(21)20-9-3-5-11-22(20)23/h2-5,8-11,17-18,23H,6-7,12-16H2,1H3,(H,27,32)(H,29,30)/t17?,18-/m1/s1. The first-order chi connectivity index (χ1) is 16.0. The predicted octanol–water partition coefficient (Wildman–Crippen LogP) is 4.02. The molecule has 0 radical (unpaired) electrons. The van der Waals surface area contributed by atoms with Gasteiger partial charge in [-0.3, -0.25) is 9.59 Å². The van der Waals surface area contributed by atoms with Gasteiger partial charge in [-0.25, -0.2) is 4.79 Å². The normalized spacial score (nSPS) is 17.8. The zero-order valence-electron chi connectivity index (χ0n) is 18.8. The van der Waals surface area contributed by atoms with Crippen molar-refractivity contribution in [1.29, 1.82) is 0 Å². The molecule has 7 heteroatoms. The Morgan fingerprint density at radius 2 is 1.73 bits per heavy atom. The van der Waals surface area contributed by atoms with Crippen LogP contribution in [0.2, 0.25) is 0 Å². The van der Waals surface area contributed by atoms with Gasteiger partial charge in [-0.1, -0.05) is 55.5 Å². The van der Waals surface area contributed by atoms with Gasteiger partial charge in [0.25, 0.3) is 0 Å². The summed E-state index contributed by atoms with van der Waals surface area (Å²) in [5.41, 5.74) is 4.68. The van der Waals surface area contributed by atoms with Crippen molar-refractivity contribution in [2.75, 3.05) is 19.7 Å². The number of benzene rings is 2. The van der Waals surface area contributed by atoms with Crippen molar-refractivity contribution in [2.45, 2.75) is 44.6 Å². The number of carboxylic acids is 1. The van der Waals surface area contributed by atoms with Crippen molar-refractivity contribution in [1.82, 2.24) is 10.2 Å². The molecule has 1 unspecified atom stereocenters. The molecular weight excluding hydrogens is 420 g/mol. The third kappa shape index (κ3) is 5.02. The Balaban J connectivity index is 1.25. The Morgan fingerprint density at radius 1 is 1.09 bits per heavy atom. The minimum atomic E-state index is -0.885. The molecule has 7 nitrogen and oxygen atoms in total. The Kier molecular flexibility index (Phi) is 6.96. The Hall–Kier alpha value is -3.35. The largest absolute Gasteiger partial charge is 0.481 e. The van der Waals surface area contributed by atoms with E-state index < -0.39 is 12.1 Å². The lowest BCUT2D eigenvalue weighted by Crippen LogP contribution is -2.40. The number of ether oxygens (including phenoxy) is 1. The number of hydrogen-bond acceptors (Lipinski definition) is 4. The zero-order chi connectivity index (χ0) is 23.4. The number of fused-ring (bicyclic) bond motifs is 3. The average molecular weight is 451 g/mol. The van der Waals surface area contributed by atoms with Gasteiger partial charge >= 0.3 is 12.1 Å². The van der Waals surface area contributed by atoms with Crippen LogP contribution in [0.15, 0.2) is 48.5 Å². The lowest BCUT2D eigenvalue weighted by Gasteiger charge is -2.26. The molecule has 1 fully saturated rings. The van der Waals surface area contributed by atoms with Gasteiger partial charge in [0.2, 0.25) is 5.91 Å². The predicted molar refractivity (Wildman–Crippen MR) is 124 cm³/mol. The van der Waals surface area contributed by atoms with E-state index in [4.69, 9.17) is 9.84 Å². The van der Waals surface area contributed by atoms with Gasteiger partial charge in [0.1, 0.15) is 6.61 Å². The molecule has 1 heterocycles. The molecule has 0 spiro atoms. The maximum absolute atomic E-state index is 12.7. The van der Waals surface area contributed by atoms with Gasteiger partial charge in [-0.2, -0.15) is 0 Å². The van der Waals surface area contributed by atoms with Crippen molar-refractivity contribution in [2.24, 2.45) is 5.92 Å². The van der Waals surface area contributed by atoms with E-state index >= 15 is 0 Å². The molecule has 1 aliphatic carbocycles. The number of carboxylic acid groups (broad SMARTS) is 1. The van der Waals surface area contributed by atoms with E-state index in [1.807, 2.05) is 31.2 Å². The van der Waals surface area contributed by atoms with Gasteiger partial charge in [0.15, 0.2) is 0 Å². The SMILES string of the molecule is CC(CCNC(=O)OCC1c2ccccc2-c2ccccc21)C(=O)N1CCC[C@@H]1CC(=O)O. The van der Waals surface area contributed by atoms with Crippen LogP contribution in [0.4, 0.5) is 4.79 Å². The highest BCUT2D eigenvalue weighted by Crippen LogP contribution is 2.44. The molecule has 1 aliphatic heterocycles. The van der Waals surface area contributed by atoms with E-state index in [9.17, 15) is 14.4 Å². The first-order valence-electron chi connectivity index (χ1n) is 11.6. The fourth-order valence-electron chi connectivity index (χ4n) is 4.99. The van der Waals surface area contributed by atoms with E-state index in [1.165, 1.54) is 11.1 Å². The zero-order valence-corrected chi connectivity index (χ0v) is 18.8. The summed E-state index contributed by atoms with van der Waals surface area (Å²) in [4.78, 5) is 37.8. The molecule has 2 N–H and O–H groups in total. The summed E-state index contributed by atoms with van der Waals surface area (Å²) in [6.07, 6.45) is 1.51. The number of nitrogens with one attached hydrogen (secondary N) is 1. The minimum Gasteiger partial charge on any atom is -0.481 e. The smallest absolute Gasteiger partial charge is 0.407 e. The molecule has 2 aromatic carbocycles. The maximum Gasteiger partial charge on any atom is 0.407 e. The fraction of sp³-hybridized carbons (Fsp3) is 0.423. The summed E-state index contributed by atoms with van der Waals surface area (Å²) < 4.78 is 5.53. The summed E-state index contributed by atoms with van der Waals surface area (Å²) in [6, 6.07) is 16.1. The number of amides is 2. The van der Waals surface area contributed by atoms with Crippen molar-refractivity contribution < 1.29 is 24.2 Å². The van der Waals surface area contributed by atoms with Gasteiger partial charge in [0.05, 0.1) is 6.42 Å². The number of carbonyl (C=O) groups is 3. The van der Waals surface area contributed by atoms with Crippen LogP contribution >= 0.6 is 0 Å². The lowest BCUT2D eigenvalue weighted by atomic mass is 9.98. The lowest BCUT2D eigenvalue weighted by molar-refractivity contribution is -0.141. The van der Waals surface area contributed by atoms with Gasteiger partial charge in [-0.15, -0.1) is 0 Å². The Labute approximate surface area is 193 Å². The van der Waals surface area contributed by atoms with Crippen LogP contribution in [0.3, 0.4) is 0 Å². The summed E-state index contributed by atoms with van der Waals surface area (Å²) in [6.45, 7) is 2.98. The topological polar surface area (TPSA) is 95.9 Å². The number of aliphatic carboxylic acids is 1. The minimum absolute atomic E-state index is 0.00462. The maximum atomic E-state index is 12.7. The fourth-order valence-corrected chi connectivity index (χ4v) is 4.99. The number of nitrogens with zero attached hydrogens (tertiary/aromatic N) is 1. The molecule has 2 atom stereocenters. The molecule has 0 bridgehead atoms. The van der Waals surface area contributed by atoms with E-state index in [1.54, 1.807) is 4.90 Å². The van der Waals surface area contributed by atoms with Crippen LogP contribution in [-0.2, 0) is 14.3 Å². The quantitative estimate of drug-likeness (QED) is 0.633. The van der Waals surface area contributed by atoms with Crippen LogP contribution in [0.1, 0.15) is 49.7 Å². The number of rotatable bonds is 8. The van der Waals surface area contributed by atoms with Gasteiger partial charge in [-0.05, 0) is 41.5 Å². The molecule has 2 aromatic rings. The molecule has 1 saturated heterocycles. The summed E-state index contributed by atoms with van der Waals surface area (Å²) in [5.74, 6) is -1.23. The summed E-state index contributed by atoms with van der Waals surface area (Å²) in [5, 5.41) is 11.8. The van der Waals surface area contributed by atoms with Crippen LogP contribution < -0.4 is 5.32 Å². The molecule has 4 rings (SSSR count). The number of carbonyl (C=O) groups excluding carboxylic acids is 2. The molecule has 0 saturated carbocycles. The van der Waals surface area contributed by atoms with Crippen LogP contribution in [0, 0.1) is 5.92 Å². The van der Waals surface area contributed by atoms with Gasteiger partial charge in [0, 0.05) is 31.0 Å². The summed E-state index contributed by atoms with van der Waals surface area (Å²) in [7, 11) is 0. The number of hydrogen-bond donors (Lipinski definition) is 2. The molecule has 2 aliphatic rings. The highest BCUT2D eigenvalue weighted by atomic mass is 16.5. The van der Waals surface area contributed by atoms with Crippen LogP contribution in [0.25, 0.3) is 11.1 Å². The van der Waals surface area contributed by atoms with Crippen molar-refractivity contribution >= 4 is 18.0 Å². The Morgan fingerprint density at radius 3 is 2.36 bits per heavy atom. The second-order valence-electron chi connectivity index (χ2n) is 8.87. The molecule has 174 valence electrons.